The summed E-state index contributed by atoms with van der Waals surface area (Å²) in [5, 5.41) is 7.99. The first-order valence-electron chi connectivity index (χ1n) is 4.36. The Labute approximate surface area is 81.5 Å². The van der Waals surface area contributed by atoms with Crippen molar-refractivity contribution in [2.75, 3.05) is 5.32 Å². The highest BCUT2D eigenvalue weighted by atomic mass is 16.1. The average molecular weight is 189 g/mol. The molecule has 0 aliphatic rings. The fourth-order valence-corrected chi connectivity index (χ4v) is 1.43. The van der Waals surface area contributed by atoms with Crippen molar-refractivity contribution in [3.05, 3.63) is 24.4 Å². The third kappa shape index (κ3) is 1.59. The van der Waals surface area contributed by atoms with Crippen LogP contribution in [-0.2, 0) is 11.8 Å². The van der Waals surface area contributed by atoms with Crippen LogP contribution in [-0.4, -0.2) is 15.7 Å². The SMILES string of the molecule is CC(=O)Nc1ccc2nn(C)cc2c1. The summed E-state index contributed by atoms with van der Waals surface area (Å²) in [7, 11) is 1.87. The molecular formula is C10H11N3O. The summed E-state index contributed by atoms with van der Waals surface area (Å²) in [6, 6.07) is 5.64. The third-order valence-electron chi connectivity index (χ3n) is 1.94. The van der Waals surface area contributed by atoms with Gasteiger partial charge in [-0.3, -0.25) is 9.48 Å². The number of carbonyl (C=O) groups is 1. The molecule has 0 bridgehead atoms. The number of amides is 1. The number of benzene rings is 1. The van der Waals surface area contributed by atoms with Crippen molar-refractivity contribution in [1.82, 2.24) is 9.78 Å². The van der Waals surface area contributed by atoms with Gasteiger partial charge >= 0.3 is 0 Å². The van der Waals surface area contributed by atoms with Crippen molar-refractivity contribution in [1.29, 1.82) is 0 Å². The van der Waals surface area contributed by atoms with E-state index in [1.165, 1.54) is 6.92 Å². The van der Waals surface area contributed by atoms with E-state index in [1.807, 2.05) is 31.4 Å². The molecule has 0 spiro atoms. The van der Waals surface area contributed by atoms with Gasteiger partial charge in [0.05, 0.1) is 5.52 Å². The van der Waals surface area contributed by atoms with Gasteiger partial charge < -0.3 is 5.32 Å². The second-order valence-corrected chi connectivity index (χ2v) is 3.26. The quantitative estimate of drug-likeness (QED) is 0.739. The van der Waals surface area contributed by atoms with Crippen LogP contribution in [0.25, 0.3) is 10.9 Å². The molecule has 4 heteroatoms. The molecule has 0 fully saturated rings. The lowest BCUT2D eigenvalue weighted by Gasteiger charge is -1.99. The molecule has 0 aliphatic heterocycles. The Morgan fingerprint density at radius 3 is 3.00 bits per heavy atom. The normalized spacial score (nSPS) is 10.4. The molecule has 1 aromatic heterocycles. The predicted molar refractivity (Wildman–Crippen MR) is 55.0 cm³/mol. The summed E-state index contributed by atoms with van der Waals surface area (Å²) in [6.45, 7) is 1.49. The molecule has 72 valence electrons. The lowest BCUT2D eigenvalue weighted by Crippen LogP contribution is -2.05. The molecule has 1 amide bonds. The van der Waals surface area contributed by atoms with Gasteiger partial charge in [0.1, 0.15) is 0 Å². The van der Waals surface area contributed by atoms with Crippen molar-refractivity contribution in [2.24, 2.45) is 7.05 Å². The predicted octanol–water partition coefficient (Wildman–Crippen LogP) is 1.53. The van der Waals surface area contributed by atoms with E-state index in [-0.39, 0.29) is 5.91 Å². The van der Waals surface area contributed by atoms with E-state index in [9.17, 15) is 4.79 Å². The Bertz CT molecular complexity index is 487. The van der Waals surface area contributed by atoms with Crippen LogP contribution in [0.1, 0.15) is 6.92 Å². The van der Waals surface area contributed by atoms with Crippen molar-refractivity contribution < 1.29 is 4.79 Å². The van der Waals surface area contributed by atoms with Crippen LogP contribution in [0.2, 0.25) is 0 Å². The zero-order valence-corrected chi connectivity index (χ0v) is 8.11. The molecule has 0 atom stereocenters. The maximum Gasteiger partial charge on any atom is 0.221 e. The highest BCUT2D eigenvalue weighted by molar-refractivity contribution is 5.92. The van der Waals surface area contributed by atoms with E-state index < -0.39 is 0 Å². The topological polar surface area (TPSA) is 46.9 Å². The van der Waals surface area contributed by atoms with Crippen molar-refractivity contribution >= 4 is 22.5 Å². The Hall–Kier alpha value is -1.84. The standard InChI is InChI=1S/C10H11N3O/c1-7(14)11-9-3-4-10-8(5-9)6-13(2)12-10/h3-6H,1-2H3,(H,11,14). The van der Waals surface area contributed by atoms with Crippen LogP contribution in [0.15, 0.2) is 24.4 Å². The maximum absolute atomic E-state index is 10.8. The summed E-state index contributed by atoms with van der Waals surface area (Å²) < 4.78 is 1.75. The summed E-state index contributed by atoms with van der Waals surface area (Å²) in [5.74, 6) is -0.0618. The summed E-state index contributed by atoms with van der Waals surface area (Å²) in [4.78, 5) is 10.8. The van der Waals surface area contributed by atoms with Gasteiger partial charge in [-0.1, -0.05) is 0 Å². The molecule has 1 N–H and O–H groups in total. The largest absolute Gasteiger partial charge is 0.326 e. The lowest BCUT2D eigenvalue weighted by atomic mass is 10.2. The van der Waals surface area contributed by atoms with E-state index in [2.05, 4.69) is 10.4 Å². The number of hydrogen-bond acceptors (Lipinski definition) is 2. The number of hydrogen-bond donors (Lipinski definition) is 1. The van der Waals surface area contributed by atoms with Crippen molar-refractivity contribution in [3.8, 4) is 0 Å². The van der Waals surface area contributed by atoms with Gasteiger partial charge in [0.2, 0.25) is 5.91 Å². The molecular weight excluding hydrogens is 178 g/mol. The van der Waals surface area contributed by atoms with Crippen LogP contribution in [0.4, 0.5) is 5.69 Å². The minimum Gasteiger partial charge on any atom is -0.326 e. The second kappa shape index (κ2) is 3.14. The highest BCUT2D eigenvalue weighted by Crippen LogP contribution is 2.17. The molecule has 0 aliphatic carbocycles. The molecule has 0 saturated carbocycles. The van der Waals surface area contributed by atoms with Gasteiger partial charge in [-0.15, -0.1) is 0 Å². The lowest BCUT2D eigenvalue weighted by molar-refractivity contribution is -0.114. The number of aromatic nitrogens is 2. The highest BCUT2D eigenvalue weighted by Gasteiger charge is 2.00. The Balaban J connectivity index is 2.45. The molecule has 14 heavy (non-hydrogen) atoms. The fraction of sp³-hybridized carbons (Fsp3) is 0.200. The van der Waals surface area contributed by atoms with Crippen LogP contribution in [0.5, 0.6) is 0 Å². The number of aryl methyl sites for hydroxylation is 1. The van der Waals surface area contributed by atoms with E-state index in [0.29, 0.717) is 0 Å². The van der Waals surface area contributed by atoms with E-state index in [0.717, 1.165) is 16.6 Å². The number of nitrogens with zero attached hydrogens (tertiary/aromatic N) is 2. The number of anilines is 1. The number of carbonyl (C=O) groups excluding carboxylic acids is 1. The number of rotatable bonds is 1. The minimum atomic E-state index is -0.0618. The van der Waals surface area contributed by atoms with Crippen LogP contribution < -0.4 is 5.32 Å². The number of fused-ring (bicyclic) bond motifs is 1. The second-order valence-electron chi connectivity index (χ2n) is 3.26. The molecule has 0 saturated heterocycles. The van der Waals surface area contributed by atoms with Crippen LogP contribution in [0.3, 0.4) is 0 Å². The van der Waals surface area contributed by atoms with E-state index in [4.69, 9.17) is 0 Å². The first-order valence-corrected chi connectivity index (χ1v) is 4.36. The average Bonchev–Trinajstić information content (AvgIpc) is 2.42. The zero-order valence-electron chi connectivity index (χ0n) is 8.11. The van der Waals surface area contributed by atoms with Crippen LogP contribution >= 0.6 is 0 Å². The van der Waals surface area contributed by atoms with Gasteiger partial charge in [-0.05, 0) is 18.2 Å². The fourth-order valence-electron chi connectivity index (χ4n) is 1.43. The molecule has 1 heterocycles. The summed E-state index contributed by atoms with van der Waals surface area (Å²) in [5.41, 5.74) is 1.74. The first kappa shape index (κ1) is 8.74. The van der Waals surface area contributed by atoms with Gasteiger partial charge in [-0.25, -0.2) is 0 Å². The molecule has 4 nitrogen and oxygen atoms in total. The van der Waals surface area contributed by atoms with Crippen LogP contribution in [0, 0.1) is 0 Å². The molecule has 1 aromatic carbocycles. The smallest absolute Gasteiger partial charge is 0.221 e. The number of nitrogens with one attached hydrogen (secondary N) is 1. The van der Waals surface area contributed by atoms with E-state index >= 15 is 0 Å². The Morgan fingerprint density at radius 2 is 2.29 bits per heavy atom. The zero-order chi connectivity index (χ0) is 10.1. The molecule has 2 rings (SSSR count). The third-order valence-corrected chi connectivity index (χ3v) is 1.94. The maximum atomic E-state index is 10.8. The van der Waals surface area contributed by atoms with Gasteiger partial charge in [0.15, 0.2) is 0 Å². The first-order chi connectivity index (χ1) is 6.65. The molecule has 2 aromatic rings. The Kier molecular flexibility index (Phi) is 1.96. The summed E-state index contributed by atoms with van der Waals surface area (Å²) >= 11 is 0. The summed E-state index contributed by atoms with van der Waals surface area (Å²) in [6.07, 6.45) is 1.92. The monoisotopic (exact) mass is 189 g/mol. The minimum absolute atomic E-state index is 0.0618. The van der Waals surface area contributed by atoms with Gasteiger partial charge in [0.25, 0.3) is 0 Å². The molecule has 0 radical (unpaired) electrons. The van der Waals surface area contributed by atoms with Gasteiger partial charge in [0, 0.05) is 31.2 Å². The van der Waals surface area contributed by atoms with Crippen molar-refractivity contribution in [2.45, 2.75) is 6.92 Å². The van der Waals surface area contributed by atoms with E-state index in [1.54, 1.807) is 4.68 Å². The Morgan fingerprint density at radius 1 is 1.50 bits per heavy atom. The van der Waals surface area contributed by atoms with Gasteiger partial charge in [-0.2, -0.15) is 5.10 Å². The molecule has 0 unspecified atom stereocenters. The van der Waals surface area contributed by atoms with Crippen molar-refractivity contribution in [3.63, 3.8) is 0 Å².